The summed E-state index contributed by atoms with van der Waals surface area (Å²) in [5.74, 6) is 0.402. The smallest absolute Gasteiger partial charge is 0.487 e. The van der Waals surface area contributed by atoms with Gasteiger partial charge in [-0.2, -0.15) is 0 Å². The fourth-order valence-electron chi connectivity index (χ4n) is 2.07. The van der Waals surface area contributed by atoms with Crippen LogP contribution < -0.4 is 0 Å². The Labute approximate surface area is 130 Å². The molecule has 120 valence electrons. The van der Waals surface area contributed by atoms with Gasteiger partial charge in [-0.1, -0.05) is 26.7 Å². The van der Waals surface area contributed by atoms with Crippen molar-refractivity contribution in [1.29, 1.82) is 0 Å². The Kier molecular flexibility index (Phi) is 11.6. The summed E-state index contributed by atoms with van der Waals surface area (Å²) >= 11 is 5.38. The van der Waals surface area contributed by atoms with Gasteiger partial charge in [0.2, 0.25) is 0 Å². The molecule has 0 aromatic heterocycles. The minimum Gasteiger partial charge on any atom is -0.487 e. The second kappa shape index (κ2) is 11.6. The molecule has 1 atom stereocenters. The lowest BCUT2D eigenvalue weighted by molar-refractivity contribution is 0.120. The highest BCUT2D eigenvalue weighted by atomic mass is 32.1. The van der Waals surface area contributed by atoms with Crippen LogP contribution >= 0.6 is 12.2 Å². The van der Waals surface area contributed by atoms with Crippen molar-refractivity contribution in [2.45, 2.75) is 52.0 Å². The minimum atomic E-state index is -2.47. The van der Waals surface area contributed by atoms with E-state index in [1.807, 2.05) is 0 Å². The average molecular weight is 323 g/mol. The van der Waals surface area contributed by atoms with Crippen LogP contribution in [0.3, 0.4) is 0 Å². The molecule has 4 nitrogen and oxygen atoms in total. The highest BCUT2D eigenvalue weighted by Gasteiger charge is 2.36. The third-order valence-electron chi connectivity index (χ3n) is 3.54. The molecule has 0 saturated heterocycles. The first-order valence-corrected chi connectivity index (χ1v) is 9.75. The third-order valence-corrected chi connectivity index (χ3v) is 6.82. The van der Waals surface area contributed by atoms with Gasteiger partial charge in [-0.15, -0.1) is 0 Å². The summed E-state index contributed by atoms with van der Waals surface area (Å²) in [7, 11) is 2.41. The normalized spacial score (nSPS) is 13.2. The molecule has 0 fully saturated rings. The molecular weight excluding hydrogens is 292 g/mol. The summed E-state index contributed by atoms with van der Waals surface area (Å²) in [6.07, 6.45) is 5.40. The molecule has 0 spiro atoms. The van der Waals surface area contributed by atoms with Gasteiger partial charge < -0.3 is 18.0 Å². The van der Waals surface area contributed by atoms with Gasteiger partial charge in [-0.25, -0.2) is 0 Å². The maximum atomic E-state index is 5.71. The van der Waals surface area contributed by atoms with E-state index in [4.69, 9.17) is 30.2 Å². The fraction of sp³-hybridized carbons (Fsp3) is 0.929. The molecule has 0 aromatic rings. The molecule has 1 unspecified atom stereocenters. The SMILES string of the molecule is CCCCC(CC)C(=S)OCCC[Si](OC)(OC)OC. The Morgan fingerprint density at radius 2 is 1.65 bits per heavy atom. The van der Waals surface area contributed by atoms with Crippen LogP contribution in [0.1, 0.15) is 46.0 Å². The Morgan fingerprint density at radius 3 is 2.10 bits per heavy atom. The van der Waals surface area contributed by atoms with Crippen molar-refractivity contribution in [3.05, 3.63) is 0 Å². The van der Waals surface area contributed by atoms with Crippen molar-refractivity contribution < 1.29 is 18.0 Å². The molecule has 0 N–H and O–H groups in total. The number of rotatable bonds is 12. The van der Waals surface area contributed by atoms with Crippen LogP contribution in [0.2, 0.25) is 6.04 Å². The molecule has 0 bridgehead atoms. The van der Waals surface area contributed by atoms with Gasteiger partial charge in [0.25, 0.3) is 0 Å². The van der Waals surface area contributed by atoms with Gasteiger partial charge in [0.1, 0.15) is 0 Å². The van der Waals surface area contributed by atoms with Crippen LogP contribution in [-0.4, -0.2) is 41.8 Å². The van der Waals surface area contributed by atoms with E-state index in [2.05, 4.69) is 13.8 Å². The first-order chi connectivity index (χ1) is 9.59. The van der Waals surface area contributed by atoms with Crippen LogP contribution in [0.4, 0.5) is 0 Å². The summed E-state index contributed by atoms with van der Waals surface area (Å²) in [5, 5.41) is 0.750. The van der Waals surface area contributed by atoms with Crippen LogP contribution in [0.15, 0.2) is 0 Å². The number of hydrogen-bond acceptors (Lipinski definition) is 5. The van der Waals surface area contributed by atoms with E-state index in [-0.39, 0.29) is 0 Å². The second-order valence-corrected chi connectivity index (χ2v) is 8.31. The maximum Gasteiger partial charge on any atom is 0.500 e. The second-order valence-electron chi connectivity index (χ2n) is 4.81. The highest BCUT2D eigenvalue weighted by Crippen LogP contribution is 2.18. The fourth-order valence-corrected chi connectivity index (χ4v) is 4.13. The Hall–Kier alpha value is -0.0131. The number of ether oxygens (including phenoxy) is 1. The molecule has 0 aromatic carbocycles. The summed E-state index contributed by atoms with van der Waals surface area (Å²) in [6.45, 7) is 4.96. The zero-order valence-electron chi connectivity index (χ0n) is 13.6. The molecule has 20 heavy (non-hydrogen) atoms. The quantitative estimate of drug-likeness (QED) is 0.310. The first-order valence-electron chi connectivity index (χ1n) is 7.41. The van der Waals surface area contributed by atoms with Crippen molar-refractivity contribution in [3.8, 4) is 0 Å². The molecule has 0 aliphatic rings. The van der Waals surface area contributed by atoms with E-state index in [0.29, 0.717) is 12.5 Å². The van der Waals surface area contributed by atoms with Crippen molar-refractivity contribution in [3.63, 3.8) is 0 Å². The van der Waals surface area contributed by atoms with Crippen LogP contribution in [-0.2, 0) is 18.0 Å². The van der Waals surface area contributed by atoms with Crippen LogP contribution in [0, 0.1) is 5.92 Å². The van der Waals surface area contributed by atoms with Gasteiger partial charge in [0.05, 0.1) is 6.61 Å². The molecule has 6 heteroatoms. The van der Waals surface area contributed by atoms with Gasteiger partial charge in [-0.05, 0) is 31.5 Å². The largest absolute Gasteiger partial charge is 0.500 e. The standard InChI is InChI=1S/C14H30O4SSi/c1-6-8-10-13(7-2)14(19)18-11-9-12-20(15-3,16-4)17-5/h13H,6-12H2,1-5H3. The Balaban J connectivity index is 4.01. The van der Waals surface area contributed by atoms with Crippen molar-refractivity contribution in [2.24, 2.45) is 5.92 Å². The van der Waals surface area contributed by atoms with Crippen LogP contribution in [0.25, 0.3) is 0 Å². The zero-order chi connectivity index (χ0) is 15.4. The molecule has 0 rings (SSSR count). The van der Waals surface area contributed by atoms with E-state index in [9.17, 15) is 0 Å². The zero-order valence-corrected chi connectivity index (χ0v) is 15.4. The molecule has 0 heterocycles. The lowest BCUT2D eigenvalue weighted by atomic mass is 10.0. The summed E-state index contributed by atoms with van der Waals surface area (Å²) in [5.41, 5.74) is 0. The first kappa shape index (κ1) is 20.0. The van der Waals surface area contributed by atoms with Gasteiger partial charge in [-0.3, -0.25) is 0 Å². The highest BCUT2D eigenvalue weighted by molar-refractivity contribution is 7.80. The monoisotopic (exact) mass is 322 g/mol. The van der Waals surface area contributed by atoms with E-state index in [1.54, 1.807) is 21.3 Å². The van der Waals surface area contributed by atoms with E-state index < -0.39 is 8.80 Å². The topological polar surface area (TPSA) is 36.9 Å². The Morgan fingerprint density at radius 1 is 1.05 bits per heavy atom. The molecule has 0 amide bonds. The lowest BCUT2D eigenvalue weighted by Crippen LogP contribution is -2.42. The van der Waals surface area contributed by atoms with Gasteiger partial charge in [0, 0.05) is 33.3 Å². The van der Waals surface area contributed by atoms with E-state index in [0.717, 1.165) is 30.4 Å². The van der Waals surface area contributed by atoms with Crippen molar-refractivity contribution in [2.75, 3.05) is 27.9 Å². The third kappa shape index (κ3) is 7.13. The molecule has 0 aliphatic heterocycles. The van der Waals surface area contributed by atoms with Gasteiger partial charge in [0.15, 0.2) is 5.05 Å². The Bertz CT molecular complexity index is 251. The van der Waals surface area contributed by atoms with E-state index in [1.165, 1.54) is 12.8 Å². The summed E-state index contributed by atoms with van der Waals surface area (Å²) in [4.78, 5) is 0. The van der Waals surface area contributed by atoms with Crippen molar-refractivity contribution >= 4 is 26.1 Å². The summed E-state index contributed by atoms with van der Waals surface area (Å²) in [6, 6.07) is 0.741. The van der Waals surface area contributed by atoms with Crippen LogP contribution in [0.5, 0.6) is 0 Å². The molecule has 0 aliphatic carbocycles. The van der Waals surface area contributed by atoms with E-state index >= 15 is 0 Å². The minimum absolute atomic E-state index is 0.402. The molecule has 0 saturated carbocycles. The predicted molar refractivity (Wildman–Crippen MR) is 88.1 cm³/mol. The summed E-state index contributed by atoms with van der Waals surface area (Å²) < 4.78 is 21.8. The average Bonchev–Trinajstić information content (AvgIpc) is 2.49. The number of thiocarbonyl (C=S) groups is 1. The maximum absolute atomic E-state index is 5.71. The predicted octanol–water partition coefficient (Wildman–Crippen LogP) is 3.82. The number of unbranched alkanes of at least 4 members (excludes halogenated alkanes) is 1. The van der Waals surface area contributed by atoms with Crippen molar-refractivity contribution in [1.82, 2.24) is 0 Å². The number of hydrogen-bond donors (Lipinski definition) is 0. The van der Waals surface area contributed by atoms with Gasteiger partial charge >= 0.3 is 8.80 Å². The molecular formula is C14H30O4SSi. The molecule has 0 radical (unpaired) electrons. The lowest BCUT2D eigenvalue weighted by Gasteiger charge is -2.24.